The van der Waals surface area contributed by atoms with E-state index in [1.807, 2.05) is 0 Å². The number of rotatable bonds is 5. The van der Waals surface area contributed by atoms with E-state index in [9.17, 15) is 13.4 Å². The van der Waals surface area contributed by atoms with Gasteiger partial charge in [-0.05, 0) is 32.9 Å². The molecular weight excluding hydrogens is 385 g/mol. The Morgan fingerprint density at radius 3 is 2.57 bits per heavy atom. The van der Waals surface area contributed by atoms with E-state index in [1.165, 1.54) is 12.1 Å². The number of aliphatic carboxylic acids is 1. The van der Waals surface area contributed by atoms with Gasteiger partial charge in [-0.25, -0.2) is 13.3 Å². The molecule has 0 bridgehead atoms. The Bertz CT molecular complexity index is 577. The van der Waals surface area contributed by atoms with E-state index in [0.29, 0.717) is 4.47 Å². The number of halogens is 3. The summed E-state index contributed by atoms with van der Waals surface area (Å²) in [5.41, 5.74) is 0.0642. The summed E-state index contributed by atoms with van der Waals surface area (Å²) in [4.78, 5) is 11.0. The second-order valence-corrected chi connectivity index (χ2v) is 8.76. The molecule has 0 fully saturated rings. The molecule has 8 heteroatoms. The lowest BCUT2D eigenvalue weighted by molar-refractivity contribution is -0.137. The van der Waals surface area contributed by atoms with Crippen molar-refractivity contribution in [2.24, 2.45) is 0 Å². The van der Waals surface area contributed by atoms with Crippen LogP contribution in [0, 0.1) is 5.82 Å². The summed E-state index contributed by atoms with van der Waals surface area (Å²) in [6.45, 7) is 5.20. The minimum absolute atomic E-state index is 0.0642. The van der Waals surface area contributed by atoms with Crippen LogP contribution in [0.5, 0.6) is 0 Å². The molecule has 0 aromatic heterocycles. The summed E-state index contributed by atoms with van der Waals surface area (Å²) >= 11 is 8.96. The number of carboxylic acids is 1. The van der Waals surface area contributed by atoms with Crippen LogP contribution in [-0.4, -0.2) is 20.0 Å². The van der Waals surface area contributed by atoms with Gasteiger partial charge >= 0.3 is 5.97 Å². The predicted molar refractivity (Wildman–Crippen MR) is 85.1 cm³/mol. The summed E-state index contributed by atoms with van der Waals surface area (Å²) in [5, 5.41) is 8.86. The van der Waals surface area contributed by atoms with E-state index in [-0.39, 0.29) is 10.6 Å². The maximum Gasteiger partial charge on any atom is 0.305 e. The molecule has 1 rings (SSSR count). The van der Waals surface area contributed by atoms with Gasteiger partial charge in [-0.15, -0.1) is 0 Å². The van der Waals surface area contributed by atoms with Gasteiger partial charge in [0.15, 0.2) is 0 Å². The summed E-state index contributed by atoms with van der Waals surface area (Å²) in [6, 6.07) is 1.86. The summed E-state index contributed by atoms with van der Waals surface area (Å²) < 4.78 is 28.9. The molecule has 0 aliphatic rings. The zero-order chi connectivity index (χ0) is 16.4. The van der Waals surface area contributed by atoms with Crippen LogP contribution in [0.25, 0.3) is 0 Å². The fourth-order valence-corrected chi connectivity index (χ4v) is 3.18. The summed E-state index contributed by atoms with van der Waals surface area (Å²) in [7, 11) is -1.54. The van der Waals surface area contributed by atoms with Crippen molar-refractivity contribution in [2.75, 3.05) is 0 Å². The lowest BCUT2D eigenvalue weighted by Crippen LogP contribution is -2.36. The standard InChI is InChI=1S/C13H16BrClFNO3S/c1-13(2,3)21(20)17-10(6-11(18)19)8-4-7(14)5-9(15)12(8)16/h4-5,10,17H,6H2,1-3H3,(H,18,19)/t10-,21?/m0/s1. The van der Waals surface area contributed by atoms with Crippen LogP contribution >= 0.6 is 27.5 Å². The SMILES string of the molecule is CC(C)(C)S(=O)N[C@@H](CC(=O)O)c1cc(Br)cc(Cl)c1F. The minimum atomic E-state index is -1.54. The molecule has 0 aliphatic carbocycles. The molecule has 1 unspecified atom stereocenters. The second-order valence-electron chi connectivity index (χ2n) is 5.44. The van der Waals surface area contributed by atoms with Crippen molar-refractivity contribution in [1.29, 1.82) is 0 Å². The third kappa shape index (κ3) is 5.32. The van der Waals surface area contributed by atoms with Crippen LogP contribution in [0.2, 0.25) is 5.02 Å². The lowest BCUT2D eigenvalue weighted by Gasteiger charge is -2.24. The predicted octanol–water partition coefficient (Wildman–Crippen LogP) is 3.81. The van der Waals surface area contributed by atoms with E-state index >= 15 is 0 Å². The van der Waals surface area contributed by atoms with Crippen molar-refractivity contribution in [3.05, 3.63) is 33.0 Å². The smallest absolute Gasteiger partial charge is 0.305 e. The van der Waals surface area contributed by atoms with Crippen LogP contribution in [0.3, 0.4) is 0 Å². The Morgan fingerprint density at radius 2 is 2.10 bits per heavy atom. The van der Waals surface area contributed by atoms with Crippen molar-refractivity contribution < 1.29 is 18.5 Å². The first-order chi connectivity index (χ1) is 9.52. The first kappa shape index (κ1) is 18.5. The highest BCUT2D eigenvalue weighted by molar-refractivity contribution is 9.10. The van der Waals surface area contributed by atoms with Gasteiger partial charge in [-0.1, -0.05) is 27.5 Å². The Morgan fingerprint density at radius 1 is 1.52 bits per heavy atom. The van der Waals surface area contributed by atoms with Crippen molar-refractivity contribution in [3.63, 3.8) is 0 Å². The largest absolute Gasteiger partial charge is 0.481 e. The molecule has 0 saturated carbocycles. The van der Waals surface area contributed by atoms with E-state index < -0.39 is 40.0 Å². The third-order valence-corrected chi connectivity index (χ3v) is 4.92. The molecular formula is C13H16BrClFNO3S. The van der Waals surface area contributed by atoms with Gasteiger partial charge in [0.1, 0.15) is 5.82 Å². The van der Waals surface area contributed by atoms with E-state index in [0.717, 1.165) is 0 Å². The highest BCUT2D eigenvalue weighted by Gasteiger charge is 2.27. The normalized spacial score (nSPS) is 14.8. The number of carboxylic acid groups (broad SMARTS) is 1. The molecule has 0 spiro atoms. The number of carbonyl (C=O) groups is 1. The molecule has 0 saturated heterocycles. The Labute approximate surface area is 138 Å². The Hall–Kier alpha value is -0.500. The fraction of sp³-hybridized carbons (Fsp3) is 0.462. The number of nitrogens with one attached hydrogen (secondary N) is 1. The highest BCUT2D eigenvalue weighted by Crippen LogP contribution is 2.30. The van der Waals surface area contributed by atoms with Crippen molar-refractivity contribution >= 4 is 44.5 Å². The second kappa shape index (κ2) is 7.17. The quantitative estimate of drug-likeness (QED) is 0.739. The lowest BCUT2D eigenvalue weighted by atomic mass is 10.0. The maximum absolute atomic E-state index is 14.1. The molecule has 1 aromatic rings. The fourth-order valence-electron chi connectivity index (χ4n) is 1.53. The highest BCUT2D eigenvalue weighted by atomic mass is 79.9. The Kier molecular flexibility index (Phi) is 6.34. The van der Waals surface area contributed by atoms with Gasteiger partial charge in [0.05, 0.1) is 33.2 Å². The topological polar surface area (TPSA) is 66.4 Å². The molecule has 118 valence electrons. The number of hydrogen-bond donors (Lipinski definition) is 2. The molecule has 2 atom stereocenters. The van der Waals surface area contributed by atoms with Gasteiger partial charge < -0.3 is 5.11 Å². The zero-order valence-electron chi connectivity index (χ0n) is 11.7. The molecule has 0 aliphatic heterocycles. The average molecular weight is 401 g/mol. The molecule has 2 N–H and O–H groups in total. The molecule has 21 heavy (non-hydrogen) atoms. The third-order valence-electron chi connectivity index (χ3n) is 2.58. The zero-order valence-corrected chi connectivity index (χ0v) is 14.9. The summed E-state index contributed by atoms with van der Waals surface area (Å²) in [6.07, 6.45) is -0.411. The van der Waals surface area contributed by atoms with E-state index in [2.05, 4.69) is 20.7 Å². The van der Waals surface area contributed by atoms with Crippen LogP contribution < -0.4 is 4.72 Å². The number of hydrogen-bond acceptors (Lipinski definition) is 2. The molecule has 0 amide bonds. The van der Waals surface area contributed by atoms with Gasteiger partial charge in [-0.3, -0.25) is 4.79 Å². The van der Waals surface area contributed by atoms with Gasteiger partial charge in [-0.2, -0.15) is 0 Å². The first-order valence-corrected chi connectivity index (χ1v) is 8.38. The summed E-state index contributed by atoms with van der Waals surface area (Å²) in [5.74, 6) is -1.85. The van der Waals surface area contributed by atoms with Gasteiger partial charge in [0.2, 0.25) is 0 Å². The monoisotopic (exact) mass is 399 g/mol. The maximum atomic E-state index is 14.1. The average Bonchev–Trinajstić information content (AvgIpc) is 2.31. The van der Waals surface area contributed by atoms with Crippen LogP contribution in [0.15, 0.2) is 16.6 Å². The van der Waals surface area contributed by atoms with Crippen molar-refractivity contribution in [1.82, 2.24) is 4.72 Å². The number of benzene rings is 1. The van der Waals surface area contributed by atoms with E-state index in [4.69, 9.17) is 16.7 Å². The molecule has 4 nitrogen and oxygen atoms in total. The minimum Gasteiger partial charge on any atom is -0.481 e. The molecule has 0 heterocycles. The Balaban J connectivity index is 3.20. The van der Waals surface area contributed by atoms with Gasteiger partial charge in [0, 0.05) is 10.0 Å². The first-order valence-electron chi connectivity index (χ1n) is 6.06. The van der Waals surface area contributed by atoms with Crippen LogP contribution in [-0.2, 0) is 15.8 Å². The van der Waals surface area contributed by atoms with Crippen LogP contribution in [0.4, 0.5) is 4.39 Å². The molecule has 1 aromatic carbocycles. The van der Waals surface area contributed by atoms with Crippen molar-refractivity contribution in [2.45, 2.75) is 38.0 Å². The molecule has 0 radical (unpaired) electrons. The van der Waals surface area contributed by atoms with Crippen LogP contribution in [0.1, 0.15) is 38.8 Å². The van der Waals surface area contributed by atoms with E-state index in [1.54, 1.807) is 20.8 Å². The van der Waals surface area contributed by atoms with Crippen molar-refractivity contribution in [3.8, 4) is 0 Å². The van der Waals surface area contributed by atoms with Gasteiger partial charge in [0.25, 0.3) is 0 Å².